The van der Waals surface area contributed by atoms with Crippen molar-refractivity contribution in [3.05, 3.63) is 11.3 Å². The number of rotatable bonds is 1. The molecule has 1 aliphatic heterocycles. The van der Waals surface area contributed by atoms with Gasteiger partial charge in [-0.3, -0.25) is 14.9 Å². The van der Waals surface area contributed by atoms with Crippen LogP contribution in [0.4, 0.5) is 0 Å². The molecule has 2 N–H and O–H groups in total. The average molecular weight is 141 g/mol. The minimum absolute atomic E-state index is 0.171. The molecule has 0 aromatic carbocycles. The molecule has 54 valence electrons. The van der Waals surface area contributed by atoms with Gasteiger partial charge in [0.05, 0.1) is 5.57 Å². The molecule has 10 heavy (non-hydrogen) atoms. The molecule has 4 heteroatoms. The van der Waals surface area contributed by atoms with E-state index in [1.807, 2.05) is 5.32 Å². The largest absolute Gasteiger partial charge is 0.503 e. The summed E-state index contributed by atoms with van der Waals surface area (Å²) in [5.41, 5.74) is 0.171. The Kier molecular flexibility index (Phi) is 1.45. The molecule has 0 aromatic rings. The second kappa shape index (κ2) is 2.13. The van der Waals surface area contributed by atoms with Crippen molar-refractivity contribution in [3.63, 3.8) is 0 Å². The average Bonchev–Trinajstić information content (AvgIpc) is 2.09. The van der Waals surface area contributed by atoms with Gasteiger partial charge < -0.3 is 5.11 Å². The highest BCUT2D eigenvalue weighted by atomic mass is 16.3. The molecule has 0 aliphatic carbocycles. The van der Waals surface area contributed by atoms with Gasteiger partial charge >= 0.3 is 0 Å². The summed E-state index contributed by atoms with van der Waals surface area (Å²) in [6, 6.07) is 0. The van der Waals surface area contributed by atoms with Crippen molar-refractivity contribution < 1.29 is 14.7 Å². The van der Waals surface area contributed by atoms with E-state index in [2.05, 4.69) is 0 Å². The topological polar surface area (TPSA) is 66.4 Å². The smallest absolute Gasteiger partial charge is 0.293 e. The van der Waals surface area contributed by atoms with E-state index in [9.17, 15) is 9.59 Å². The summed E-state index contributed by atoms with van der Waals surface area (Å²) in [6.07, 6.45) is 0.378. The quantitative estimate of drug-likeness (QED) is 0.499. The molecule has 0 fully saturated rings. The van der Waals surface area contributed by atoms with Crippen LogP contribution >= 0.6 is 0 Å². The van der Waals surface area contributed by atoms with Crippen molar-refractivity contribution >= 4 is 11.8 Å². The van der Waals surface area contributed by atoms with E-state index >= 15 is 0 Å². The zero-order chi connectivity index (χ0) is 7.72. The second-order valence-corrected chi connectivity index (χ2v) is 1.96. The lowest BCUT2D eigenvalue weighted by Crippen LogP contribution is -2.23. The molecule has 1 rings (SSSR count). The molecular formula is C6H7NO3. The number of hydrogen-bond acceptors (Lipinski definition) is 3. The SMILES string of the molecule is CCC1=C(O)C(=O)NC1=O. The lowest BCUT2D eigenvalue weighted by molar-refractivity contribution is -0.125. The molecular weight excluding hydrogens is 134 g/mol. The van der Waals surface area contributed by atoms with Gasteiger partial charge in [-0.1, -0.05) is 6.92 Å². The standard InChI is InChI=1S/C6H7NO3/c1-2-3-4(8)6(10)7-5(3)9/h2H2,1H3,(H2,7,8,9,10). The fraction of sp³-hybridized carbons (Fsp3) is 0.333. The van der Waals surface area contributed by atoms with E-state index in [1.165, 1.54) is 0 Å². The van der Waals surface area contributed by atoms with E-state index in [1.54, 1.807) is 6.92 Å². The van der Waals surface area contributed by atoms with Crippen LogP contribution in [0, 0.1) is 0 Å². The third-order valence-electron chi connectivity index (χ3n) is 1.36. The Hall–Kier alpha value is -1.32. The molecule has 1 aliphatic rings. The Bertz CT molecular complexity index is 229. The monoisotopic (exact) mass is 141 g/mol. The lowest BCUT2D eigenvalue weighted by atomic mass is 10.2. The molecule has 0 saturated heterocycles. The minimum atomic E-state index is -0.693. The first kappa shape index (κ1) is 6.80. The highest BCUT2D eigenvalue weighted by molar-refractivity contribution is 6.18. The molecule has 0 atom stereocenters. The van der Waals surface area contributed by atoms with Gasteiger partial charge in [0, 0.05) is 0 Å². The lowest BCUT2D eigenvalue weighted by Gasteiger charge is -1.89. The first-order valence-corrected chi connectivity index (χ1v) is 2.94. The fourth-order valence-corrected chi connectivity index (χ4v) is 0.810. The van der Waals surface area contributed by atoms with E-state index in [0.29, 0.717) is 6.42 Å². The minimum Gasteiger partial charge on any atom is -0.503 e. The van der Waals surface area contributed by atoms with Gasteiger partial charge in [0.2, 0.25) is 0 Å². The van der Waals surface area contributed by atoms with Crippen LogP contribution in [-0.4, -0.2) is 16.9 Å². The maximum Gasteiger partial charge on any atom is 0.293 e. The van der Waals surface area contributed by atoms with Crippen LogP contribution in [0.15, 0.2) is 11.3 Å². The molecule has 2 amide bonds. The number of nitrogens with one attached hydrogen (secondary N) is 1. The first-order valence-electron chi connectivity index (χ1n) is 2.94. The number of aliphatic hydroxyl groups is 1. The van der Waals surface area contributed by atoms with Crippen LogP contribution in [0.25, 0.3) is 0 Å². The van der Waals surface area contributed by atoms with Gasteiger partial charge in [0.25, 0.3) is 11.8 Å². The Balaban J connectivity index is 3.01. The summed E-state index contributed by atoms with van der Waals surface area (Å²) in [7, 11) is 0. The zero-order valence-electron chi connectivity index (χ0n) is 5.47. The molecule has 0 radical (unpaired) electrons. The molecule has 4 nitrogen and oxygen atoms in total. The van der Waals surface area contributed by atoms with Gasteiger partial charge in [-0.25, -0.2) is 0 Å². The van der Waals surface area contributed by atoms with Crippen molar-refractivity contribution in [2.24, 2.45) is 0 Å². The summed E-state index contributed by atoms with van der Waals surface area (Å²) in [6.45, 7) is 1.70. The predicted octanol–water partition coefficient (Wildman–Crippen LogP) is -0.135. The summed E-state index contributed by atoms with van der Waals surface area (Å²) >= 11 is 0. The number of aliphatic hydroxyl groups excluding tert-OH is 1. The Morgan fingerprint density at radius 3 is 2.20 bits per heavy atom. The number of imide groups is 1. The summed E-state index contributed by atoms with van der Waals surface area (Å²) < 4.78 is 0. The predicted molar refractivity (Wildman–Crippen MR) is 33.1 cm³/mol. The normalized spacial score (nSPS) is 18.1. The van der Waals surface area contributed by atoms with Gasteiger partial charge in [-0.2, -0.15) is 0 Å². The second-order valence-electron chi connectivity index (χ2n) is 1.96. The van der Waals surface area contributed by atoms with Crippen molar-refractivity contribution in [3.8, 4) is 0 Å². The van der Waals surface area contributed by atoms with Crippen LogP contribution in [0.2, 0.25) is 0 Å². The van der Waals surface area contributed by atoms with Crippen molar-refractivity contribution in [1.82, 2.24) is 5.32 Å². The van der Waals surface area contributed by atoms with Crippen LogP contribution < -0.4 is 5.32 Å². The Morgan fingerprint density at radius 2 is 2.00 bits per heavy atom. The van der Waals surface area contributed by atoms with E-state index < -0.39 is 17.6 Å². The maximum atomic E-state index is 10.7. The zero-order valence-corrected chi connectivity index (χ0v) is 5.47. The molecule has 0 spiro atoms. The molecule has 0 bridgehead atoms. The maximum absolute atomic E-state index is 10.7. The molecule has 1 heterocycles. The van der Waals surface area contributed by atoms with Crippen LogP contribution in [0.1, 0.15) is 13.3 Å². The van der Waals surface area contributed by atoms with Gasteiger partial charge in [-0.15, -0.1) is 0 Å². The van der Waals surface area contributed by atoms with Crippen molar-refractivity contribution in [2.45, 2.75) is 13.3 Å². The third kappa shape index (κ3) is 0.775. The third-order valence-corrected chi connectivity index (χ3v) is 1.36. The number of hydrogen-bond donors (Lipinski definition) is 2. The van der Waals surface area contributed by atoms with Gasteiger partial charge in [0.1, 0.15) is 0 Å². The first-order chi connectivity index (χ1) is 4.66. The number of carbonyl (C=O) groups excluding carboxylic acids is 2. The van der Waals surface area contributed by atoms with Crippen LogP contribution in [0.5, 0.6) is 0 Å². The highest BCUT2D eigenvalue weighted by Crippen LogP contribution is 2.12. The number of carbonyl (C=O) groups is 2. The summed E-state index contributed by atoms with van der Waals surface area (Å²) in [5, 5.41) is 10.8. The molecule has 0 aromatic heterocycles. The van der Waals surface area contributed by atoms with Gasteiger partial charge in [0.15, 0.2) is 5.76 Å². The fourth-order valence-electron chi connectivity index (χ4n) is 0.810. The molecule has 0 saturated carbocycles. The van der Waals surface area contributed by atoms with E-state index in [-0.39, 0.29) is 5.57 Å². The summed E-state index contributed by atoms with van der Waals surface area (Å²) in [5.74, 6) is -1.61. The molecule has 0 unspecified atom stereocenters. The van der Waals surface area contributed by atoms with Crippen molar-refractivity contribution in [1.29, 1.82) is 0 Å². The van der Waals surface area contributed by atoms with E-state index in [0.717, 1.165) is 0 Å². The Morgan fingerprint density at radius 1 is 1.40 bits per heavy atom. The van der Waals surface area contributed by atoms with Gasteiger partial charge in [-0.05, 0) is 6.42 Å². The van der Waals surface area contributed by atoms with E-state index in [4.69, 9.17) is 5.11 Å². The van der Waals surface area contributed by atoms with Crippen LogP contribution in [-0.2, 0) is 9.59 Å². The highest BCUT2D eigenvalue weighted by Gasteiger charge is 2.27. The Labute approximate surface area is 57.5 Å². The van der Waals surface area contributed by atoms with Crippen LogP contribution in [0.3, 0.4) is 0 Å². The van der Waals surface area contributed by atoms with Crippen molar-refractivity contribution in [2.75, 3.05) is 0 Å². The summed E-state index contributed by atoms with van der Waals surface area (Å²) in [4.78, 5) is 21.2. The number of amides is 2.